The lowest BCUT2D eigenvalue weighted by Gasteiger charge is -2.11. The van der Waals surface area contributed by atoms with Gasteiger partial charge < -0.3 is 26.2 Å². The number of anilines is 1. The van der Waals surface area contributed by atoms with Crippen LogP contribution in [-0.4, -0.2) is 49.7 Å². The van der Waals surface area contributed by atoms with E-state index in [0.29, 0.717) is 29.3 Å². The van der Waals surface area contributed by atoms with Gasteiger partial charge in [-0.2, -0.15) is 0 Å². The van der Waals surface area contributed by atoms with Crippen LogP contribution < -0.4 is 10.5 Å². The van der Waals surface area contributed by atoms with E-state index >= 15 is 0 Å². The van der Waals surface area contributed by atoms with Crippen LogP contribution in [0.5, 0.6) is 11.5 Å². The Morgan fingerprint density at radius 2 is 1.89 bits per heavy atom. The fraction of sp³-hybridized carbons (Fsp3) is 0.286. The minimum absolute atomic E-state index is 0.328. The van der Waals surface area contributed by atoms with Crippen LogP contribution in [0, 0.1) is 10.8 Å². The van der Waals surface area contributed by atoms with Gasteiger partial charge in [-0.3, -0.25) is 4.99 Å². The second kappa shape index (κ2) is 10.2. The number of ether oxygens (including phenoxy) is 1. The highest BCUT2D eigenvalue weighted by Gasteiger charge is 2.04. The third kappa shape index (κ3) is 6.34. The van der Waals surface area contributed by atoms with E-state index < -0.39 is 0 Å². The normalized spacial score (nSPS) is 11.1. The van der Waals surface area contributed by atoms with E-state index in [1.807, 2.05) is 42.5 Å². The first-order chi connectivity index (χ1) is 13.0. The van der Waals surface area contributed by atoms with Crippen LogP contribution >= 0.6 is 0 Å². The largest absolute Gasteiger partial charge is 0.457 e. The molecule has 0 aliphatic heterocycles. The van der Waals surface area contributed by atoms with E-state index in [2.05, 4.69) is 23.9 Å². The van der Waals surface area contributed by atoms with Gasteiger partial charge in [0.05, 0.1) is 6.54 Å². The molecule has 0 saturated carbocycles. The van der Waals surface area contributed by atoms with E-state index in [0.717, 1.165) is 30.8 Å². The molecule has 2 rings (SSSR count). The third-order valence-electron chi connectivity index (χ3n) is 4.18. The average molecular weight is 365 g/mol. The number of aliphatic imine (C=N–C) groups is 1. The summed E-state index contributed by atoms with van der Waals surface area (Å²) >= 11 is 0. The van der Waals surface area contributed by atoms with Crippen molar-refractivity contribution in [2.24, 2.45) is 4.99 Å². The maximum atomic E-state index is 7.87. The lowest BCUT2D eigenvalue weighted by atomic mass is 10.1. The summed E-state index contributed by atoms with van der Waals surface area (Å²) in [5, 5.41) is 15.0. The van der Waals surface area contributed by atoms with E-state index in [9.17, 15) is 0 Å². The summed E-state index contributed by atoms with van der Waals surface area (Å²) in [6, 6.07) is 12.8. The number of likely N-dealkylation sites (N-methyl/N-ethyl adjacent to an activating group) is 1. The molecule has 4 N–H and O–H groups in total. The molecule has 0 fully saturated rings. The molecule has 6 heteroatoms. The van der Waals surface area contributed by atoms with Gasteiger partial charge >= 0.3 is 0 Å². The first kappa shape index (κ1) is 20.3. The highest BCUT2D eigenvalue weighted by molar-refractivity contribution is 6.04. The summed E-state index contributed by atoms with van der Waals surface area (Å²) in [5.74, 6) is 1.36. The van der Waals surface area contributed by atoms with Crippen molar-refractivity contribution in [1.82, 2.24) is 4.90 Å². The molecule has 0 bridgehead atoms. The number of nitrogen functional groups attached to an aromatic ring is 1. The number of benzene rings is 2. The van der Waals surface area contributed by atoms with E-state index in [-0.39, 0.29) is 0 Å². The molecule has 0 spiro atoms. The van der Waals surface area contributed by atoms with Crippen LogP contribution in [0.1, 0.15) is 24.5 Å². The molecule has 0 amide bonds. The lowest BCUT2D eigenvalue weighted by Crippen LogP contribution is -2.20. The number of nitrogens with one attached hydrogen (secondary N) is 2. The SMILES string of the molecule is CCN(C)CCN=Cc1cc(Oc2ccc(C(=N)CC=N)cc2)ccc1N. The molecule has 142 valence electrons. The summed E-state index contributed by atoms with van der Waals surface area (Å²) in [5.41, 5.74) is 8.72. The Kier molecular flexibility index (Phi) is 7.70. The summed E-state index contributed by atoms with van der Waals surface area (Å²) in [7, 11) is 2.07. The molecule has 2 aromatic carbocycles. The number of nitrogens with two attached hydrogens (primary N) is 1. The zero-order valence-electron chi connectivity index (χ0n) is 15.9. The fourth-order valence-electron chi connectivity index (χ4n) is 2.36. The topological polar surface area (TPSA) is 98.5 Å². The summed E-state index contributed by atoms with van der Waals surface area (Å²) < 4.78 is 5.89. The summed E-state index contributed by atoms with van der Waals surface area (Å²) in [6.45, 7) is 4.74. The Morgan fingerprint density at radius 3 is 2.56 bits per heavy atom. The van der Waals surface area contributed by atoms with Gasteiger partial charge in [0.2, 0.25) is 0 Å². The van der Waals surface area contributed by atoms with Crippen LogP contribution in [0.4, 0.5) is 5.69 Å². The smallest absolute Gasteiger partial charge is 0.128 e. The third-order valence-corrected chi connectivity index (χ3v) is 4.18. The molecular weight excluding hydrogens is 338 g/mol. The van der Waals surface area contributed by atoms with Crippen molar-refractivity contribution in [2.45, 2.75) is 13.3 Å². The summed E-state index contributed by atoms with van der Waals surface area (Å²) in [4.78, 5) is 6.64. The highest BCUT2D eigenvalue weighted by atomic mass is 16.5. The van der Waals surface area contributed by atoms with Crippen LogP contribution in [0.3, 0.4) is 0 Å². The molecule has 0 radical (unpaired) electrons. The monoisotopic (exact) mass is 365 g/mol. The van der Waals surface area contributed by atoms with Crippen molar-refractivity contribution in [2.75, 3.05) is 32.4 Å². The van der Waals surface area contributed by atoms with Gasteiger partial charge in [-0.25, -0.2) is 0 Å². The Hall–Kier alpha value is -2.99. The minimum atomic E-state index is 0.328. The van der Waals surface area contributed by atoms with Crippen molar-refractivity contribution in [3.63, 3.8) is 0 Å². The number of hydrogen-bond acceptors (Lipinski definition) is 6. The Balaban J connectivity index is 2.03. The molecule has 0 aliphatic carbocycles. The van der Waals surface area contributed by atoms with Crippen LogP contribution in [-0.2, 0) is 0 Å². The second-order valence-corrected chi connectivity index (χ2v) is 6.24. The van der Waals surface area contributed by atoms with Crippen molar-refractivity contribution in [1.29, 1.82) is 10.8 Å². The average Bonchev–Trinajstić information content (AvgIpc) is 2.68. The fourth-order valence-corrected chi connectivity index (χ4v) is 2.36. The van der Waals surface area contributed by atoms with Crippen LogP contribution in [0.15, 0.2) is 47.5 Å². The van der Waals surface area contributed by atoms with Gasteiger partial charge in [-0.1, -0.05) is 6.92 Å². The zero-order chi connectivity index (χ0) is 19.6. The predicted octanol–water partition coefficient (Wildman–Crippen LogP) is 3.84. The van der Waals surface area contributed by atoms with E-state index in [4.69, 9.17) is 21.3 Å². The molecule has 0 aliphatic rings. The molecule has 0 atom stereocenters. The standard InChI is InChI=1S/C21H27N5O/c1-3-26(2)13-12-25-15-17-14-19(8-9-20(17)23)27-18-6-4-16(5-7-18)21(24)10-11-22/h4-9,11,14-15,22,24H,3,10,12-13,23H2,1-2H3. The van der Waals surface area contributed by atoms with Gasteiger partial charge in [0.15, 0.2) is 0 Å². The van der Waals surface area contributed by atoms with Crippen molar-refractivity contribution >= 4 is 23.8 Å². The number of rotatable bonds is 10. The molecule has 0 heterocycles. The quantitative estimate of drug-likeness (QED) is 0.441. The maximum absolute atomic E-state index is 7.87. The van der Waals surface area contributed by atoms with Crippen molar-refractivity contribution in [3.05, 3.63) is 53.6 Å². The molecule has 2 aromatic rings. The zero-order valence-corrected chi connectivity index (χ0v) is 15.9. The highest BCUT2D eigenvalue weighted by Crippen LogP contribution is 2.25. The minimum Gasteiger partial charge on any atom is -0.457 e. The summed E-state index contributed by atoms with van der Waals surface area (Å²) in [6.07, 6.45) is 3.34. The Morgan fingerprint density at radius 1 is 1.19 bits per heavy atom. The number of hydrogen-bond donors (Lipinski definition) is 3. The second-order valence-electron chi connectivity index (χ2n) is 6.24. The first-order valence-electron chi connectivity index (χ1n) is 8.96. The molecule has 6 nitrogen and oxygen atoms in total. The van der Waals surface area contributed by atoms with Crippen LogP contribution in [0.25, 0.3) is 0 Å². The van der Waals surface area contributed by atoms with Gasteiger partial charge in [0.1, 0.15) is 11.5 Å². The van der Waals surface area contributed by atoms with Gasteiger partial charge in [0.25, 0.3) is 0 Å². The molecule has 0 saturated heterocycles. The van der Waals surface area contributed by atoms with Crippen molar-refractivity contribution in [3.8, 4) is 11.5 Å². The maximum Gasteiger partial charge on any atom is 0.128 e. The van der Waals surface area contributed by atoms with E-state index in [1.54, 1.807) is 6.21 Å². The molecule has 27 heavy (non-hydrogen) atoms. The van der Waals surface area contributed by atoms with Crippen LogP contribution in [0.2, 0.25) is 0 Å². The first-order valence-corrected chi connectivity index (χ1v) is 8.96. The Labute approximate surface area is 160 Å². The van der Waals surface area contributed by atoms with Crippen molar-refractivity contribution < 1.29 is 4.74 Å². The molecular formula is C21H27N5O. The molecule has 0 unspecified atom stereocenters. The predicted molar refractivity (Wildman–Crippen MR) is 113 cm³/mol. The lowest BCUT2D eigenvalue weighted by molar-refractivity contribution is 0.363. The van der Waals surface area contributed by atoms with Gasteiger partial charge in [-0.05, 0) is 61.6 Å². The van der Waals surface area contributed by atoms with Gasteiger partial charge in [-0.15, -0.1) is 0 Å². The van der Waals surface area contributed by atoms with Gasteiger partial charge in [0, 0.05) is 42.4 Å². The molecule has 0 aromatic heterocycles. The Bertz CT molecular complexity index is 799. The van der Waals surface area contributed by atoms with E-state index in [1.165, 1.54) is 6.21 Å². The number of nitrogens with zero attached hydrogens (tertiary/aromatic N) is 2.